The van der Waals surface area contributed by atoms with Crippen LogP contribution in [0.3, 0.4) is 0 Å². The molecule has 2 N–H and O–H groups in total. The highest BCUT2D eigenvalue weighted by Gasteiger charge is 2.29. The molecular weight excluding hydrogens is 220 g/mol. The molecule has 1 unspecified atom stereocenters. The van der Waals surface area contributed by atoms with Gasteiger partial charge in [0.15, 0.2) is 0 Å². The molecule has 0 fully saturated rings. The molecule has 0 aliphatic rings. The van der Waals surface area contributed by atoms with Crippen LogP contribution in [0.15, 0.2) is 24.3 Å². The summed E-state index contributed by atoms with van der Waals surface area (Å²) in [7, 11) is 0. The van der Waals surface area contributed by atoms with Gasteiger partial charge in [0.1, 0.15) is 0 Å². The summed E-state index contributed by atoms with van der Waals surface area (Å²) in [6.07, 6.45) is 1.27. The van der Waals surface area contributed by atoms with Crippen LogP contribution < -0.4 is 5.73 Å². The third-order valence-electron chi connectivity index (χ3n) is 3.07. The Bertz CT molecular complexity index is 333. The van der Waals surface area contributed by atoms with Crippen LogP contribution in [0.5, 0.6) is 0 Å². The van der Waals surface area contributed by atoms with E-state index in [4.69, 9.17) is 5.73 Å². The van der Waals surface area contributed by atoms with E-state index in [-0.39, 0.29) is 12.0 Å². The van der Waals surface area contributed by atoms with Crippen molar-refractivity contribution < 1.29 is 8.78 Å². The maximum Gasteiger partial charge on any atom is 0.273 e. The minimum absolute atomic E-state index is 0.0926. The van der Waals surface area contributed by atoms with Gasteiger partial charge in [0.2, 0.25) is 0 Å². The highest BCUT2D eigenvalue weighted by Crippen LogP contribution is 2.33. The quantitative estimate of drug-likeness (QED) is 0.799. The Kier molecular flexibility index (Phi) is 5.06. The summed E-state index contributed by atoms with van der Waals surface area (Å²) < 4.78 is 27.2. The fourth-order valence-electron chi connectivity index (χ4n) is 1.93. The third-order valence-corrected chi connectivity index (χ3v) is 3.07. The average Bonchev–Trinajstić information content (AvgIpc) is 2.29. The molecule has 0 aliphatic carbocycles. The molecule has 0 radical (unpaired) electrons. The molecule has 0 saturated carbocycles. The van der Waals surface area contributed by atoms with E-state index in [0.717, 1.165) is 12.0 Å². The Morgan fingerprint density at radius 3 is 2.29 bits per heavy atom. The molecule has 96 valence electrons. The van der Waals surface area contributed by atoms with Crippen molar-refractivity contribution in [2.24, 2.45) is 5.73 Å². The van der Waals surface area contributed by atoms with Gasteiger partial charge in [-0.15, -0.1) is 0 Å². The number of halogens is 2. The second-order valence-electron chi connectivity index (χ2n) is 4.55. The number of rotatable bonds is 6. The van der Waals surface area contributed by atoms with E-state index in [1.165, 1.54) is 12.1 Å². The van der Waals surface area contributed by atoms with Gasteiger partial charge in [-0.25, -0.2) is 8.78 Å². The summed E-state index contributed by atoms with van der Waals surface area (Å²) in [4.78, 5) is 0. The standard InChI is InChI=1S/C14H21F2N/c1-3-9-14(15,16)13-6-4-12(5-7-13)11(2)8-10-17/h4-7,11H,3,8-10,17H2,1-2H3. The van der Waals surface area contributed by atoms with E-state index in [1.54, 1.807) is 19.1 Å². The van der Waals surface area contributed by atoms with Crippen molar-refractivity contribution >= 4 is 0 Å². The molecule has 0 aromatic heterocycles. The smallest absolute Gasteiger partial charge is 0.273 e. The maximum absolute atomic E-state index is 13.6. The van der Waals surface area contributed by atoms with Gasteiger partial charge in [-0.05, 0) is 24.4 Å². The number of benzene rings is 1. The van der Waals surface area contributed by atoms with Crippen molar-refractivity contribution in [2.75, 3.05) is 6.54 Å². The first-order valence-electron chi connectivity index (χ1n) is 6.19. The average molecular weight is 241 g/mol. The van der Waals surface area contributed by atoms with Gasteiger partial charge in [0.25, 0.3) is 5.92 Å². The fourth-order valence-corrected chi connectivity index (χ4v) is 1.93. The minimum atomic E-state index is -2.70. The number of hydrogen-bond donors (Lipinski definition) is 1. The molecule has 0 saturated heterocycles. The second kappa shape index (κ2) is 6.10. The van der Waals surface area contributed by atoms with Gasteiger partial charge >= 0.3 is 0 Å². The van der Waals surface area contributed by atoms with E-state index in [0.29, 0.717) is 18.9 Å². The van der Waals surface area contributed by atoms with Crippen LogP contribution in [0.1, 0.15) is 50.2 Å². The molecule has 3 heteroatoms. The predicted molar refractivity (Wildman–Crippen MR) is 67.3 cm³/mol. The zero-order chi connectivity index (χ0) is 12.9. The topological polar surface area (TPSA) is 26.0 Å². The predicted octanol–water partition coefficient (Wildman–Crippen LogP) is 4.03. The number of hydrogen-bond acceptors (Lipinski definition) is 1. The monoisotopic (exact) mass is 241 g/mol. The van der Waals surface area contributed by atoms with Gasteiger partial charge in [0, 0.05) is 12.0 Å². The summed E-state index contributed by atoms with van der Waals surface area (Å²) >= 11 is 0. The normalized spacial score (nSPS) is 13.7. The number of nitrogens with two attached hydrogens (primary N) is 1. The molecular formula is C14H21F2N. The van der Waals surface area contributed by atoms with Crippen LogP contribution in [-0.2, 0) is 5.92 Å². The molecule has 1 aromatic rings. The molecule has 0 bridgehead atoms. The lowest BCUT2D eigenvalue weighted by Crippen LogP contribution is -2.13. The number of alkyl halides is 2. The Morgan fingerprint density at radius 2 is 1.82 bits per heavy atom. The van der Waals surface area contributed by atoms with Crippen LogP contribution in [0.2, 0.25) is 0 Å². The van der Waals surface area contributed by atoms with Crippen molar-refractivity contribution in [3.05, 3.63) is 35.4 Å². The maximum atomic E-state index is 13.6. The zero-order valence-corrected chi connectivity index (χ0v) is 10.5. The van der Waals surface area contributed by atoms with Crippen LogP contribution in [0.4, 0.5) is 8.78 Å². The van der Waals surface area contributed by atoms with Gasteiger partial charge in [-0.3, -0.25) is 0 Å². The van der Waals surface area contributed by atoms with Gasteiger partial charge in [-0.1, -0.05) is 44.5 Å². The van der Waals surface area contributed by atoms with Crippen LogP contribution in [0.25, 0.3) is 0 Å². The Balaban J connectivity index is 2.80. The Morgan fingerprint density at radius 1 is 1.24 bits per heavy atom. The van der Waals surface area contributed by atoms with Crippen LogP contribution in [0, 0.1) is 0 Å². The SMILES string of the molecule is CCCC(F)(F)c1ccc(C(C)CCN)cc1. The summed E-state index contributed by atoms with van der Waals surface area (Å²) in [5.41, 5.74) is 6.67. The van der Waals surface area contributed by atoms with Gasteiger partial charge < -0.3 is 5.73 Å². The lowest BCUT2D eigenvalue weighted by atomic mass is 9.95. The molecule has 0 amide bonds. The van der Waals surface area contributed by atoms with Crippen molar-refractivity contribution in [3.63, 3.8) is 0 Å². The molecule has 1 aromatic carbocycles. The lowest BCUT2D eigenvalue weighted by molar-refractivity contribution is -0.0140. The first-order chi connectivity index (χ1) is 8.01. The highest BCUT2D eigenvalue weighted by atomic mass is 19.3. The van der Waals surface area contributed by atoms with Crippen LogP contribution in [-0.4, -0.2) is 6.54 Å². The molecule has 17 heavy (non-hydrogen) atoms. The summed E-state index contributed by atoms with van der Waals surface area (Å²) in [5, 5.41) is 0. The molecule has 1 atom stereocenters. The first kappa shape index (κ1) is 14.1. The lowest BCUT2D eigenvalue weighted by Gasteiger charge is -2.17. The van der Waals surface area contributed by atoms with E-state index in [2.05, 4.69) is 6.92 Å². The van der Waals surface area contributed by atoms with E-state index >= 15 is 0 Å². The van der Waals surface area contributed by atoms with E-state index < -0.39 is 5.92 Å². The largest absolute Gasteiger partial charge is 0.330 e. The van der Waals surface area contributed by atoms with Crippen molar-refractivity contribution in [1.82, 2.24) is 0 Å². The highest BCUT2D eigenvalue weighted by molar-refractivity contribution is 5.27. The first-order valence-corrected chi connectivity index (χ1v) is 6.19. The molecule has 0 spiro atoms. The molecule has 1 rings (SSSR count). The third kappa shape index (κ3) is 3.77. The van der Waals surface area contributed by atoms with E-state index in [1.807, 2.05) is 0 Å². The molecule has 1 nitrogen and oxygen atoms in total. The Hall–Kier alpha value is -0.960. The van der Waals surface area contributed by atoms with Crippen molar-refractivity contribution in [1.29, 1.82) is 0 Å². The van der Waals surface area contributed by atoms with Gasteiger partial charge in [-0.2, -0.15) is 0 Å². The van der Waals surface area contributed by atoms with Crippen molar-refractivity contribution in [2.45, 2.75) is 45.0 Å². The summed E-state index contributed by atoms with van der Waals surface area (Å²) in [6, 6.07) is 6.66. The molecule has 0 heterocycles. The van der Waals surface area contributed by atoms with Crippen LogP contribution >= 0.6 is 0 Å². The minimum Gasteiger partial charge on any atom is -0.330 e. The van der Waals surface area contributed by atoms with Crippen molar-refractivity contribution in [3.8, 4) is 0 Å². The zero-order valence-electron chi connectivity index (χ0n) is 10.5. The summed E-state index contributed by atoms with van der Waals surface area (Å²) in [6.45, 7) is 4.45. The molecule has 0 aliphatic heterocycles. The van der Waals surface area contributed by atoms with Gasteiger partial charge in [0.05, 0.1) is 0 Å². The fraction of sp³-hybridized carbons (Fsp3) is 0.571. The Labute approximate surface area is 102 Å². The van der Waals surface area contributed by atoms with E-state index in [9.17, 15) is 8.78 Å². The summed E-state index contributed by atoms with van der Waals surface area (Å²) in [5.74, 6) is -2.38. The second-order valence-corrected chi connectivity index (χ2v) is 4.55.